The van der Waals surface area contributed by atoms with Crippen LogP contribution >= 0.6 is 0 Å². The number of rotatable bonds is 6. The zero-order chi connectivity index (χ0) is 25.4. The molecule has 2 aromatic carbocycles. The normalized spacial score (nSPS) is 28.8. The SMILES string of the molecule is O=C(CC1CCc2ccc(C(=O)C3CCC4(CCCC(C5=CC=CCC5)C4)C3)cc21)c1ccccc1O. The number of aromatic hydroxyl groups is 1. The van der Waals surface area contributed by atoms with Crippen molar-refractivity contribution in [3.63, 3.8) is 0 Å². The molecule has 0 heterocycles. The number of carbonyl (C=O) groups excluding carboxylic acids is 2. The third-order valence-corrected chi connectivity index (χ3v) is 9.85. The highest BCUT2D eigenvalue weighted by atomic mass is 16.3. The molecule has 0 amide bonds. The molecule has 1 spiro atoms. The van der Waals surface area contributed by atoms with Crippen molar-refractivity contribution < 1.29 is 14.7 Å². The molecule has 2 saturated carbocycles. The van der Waals surface area contributed by atoms with Crippen LogP contribution in [0.2, 0.25) is 0 Å². The molecule has 1 N–H and O–H groups in total. The summed E-state index contributed by atoms with van der Waals surface area (Å²) < 4.78 is 0. The highest BCUT2D eigenvalue weighted by Gasteiger charge is 2.45. The number of aryl methyl sites for hydroxylation is 1. The topological polar surface area (TPSA) is 54.4 Å². The Hall–Kier alpha value is -2.94. The molecule has 2 aromatic rings. The fourth-order valence-electron chi connectivity index (χ4n) is 7.90. The summed E-state index contributed by atoms with van der Waals surface area (Å²) in [6, 6.07) is 13.0. The number of benzene rings is 2. The maximum Gasteiger partial charge on any atom is 0.167 e. The van der Waals surface area contributed by atoms with Gasteiger partial charge in [-0.25, -0.2) is 0 Å². The fraction of sp³-hybridized carbons (Fsp3) is 0.471. The van der Waals surface area contributed by atoms with E-state index in [0.717, 1.165) is 36.8 Å². The molecule has 4 unspecified atom stereocenters. The van der Waals surface area contributed by atoms with E-state index in [4.69, 9.17) is 0 Å². The summed E-state index contributed by atoms with van der Waals surface area (Å²) in [6.07, 6.45) is 19.9. The summed E-state index contributed by atoms with van der Waals surface area (Å²) in [5, 5.41) is 10.1. The molecule has 6 rings (SSSR count). The van der Waals surface area contributed by atoms with Crippen molar-refractivity contribution in [3.05, 3.63) is 88.5 Å². The maximum absolute atomic E-state index is 13.7. The van der Waals surface area contributed by atoms with Crippen molar-refractivity contribution in [2.24, 2.45) is 17.3 Å². The van der Waals surface area contributed by atoms with Crippen LogP contribution in [0.15, 0.2) is 66.3 Å². The van der Waals surface area contributed by atoms with E-state index in [2.05, 4.69) is 30.4 Å². The summed E-state index contributed by atoms with van der Waals surface area (Å²) in [7, 11) is 0. The summed E-state index contributed by atoms with van der Waals surface area (Å²) in [5.74, 6) is 1.27. The van der Waals surface area contributed by atoms with Gasteiger partial charge in [-0.15, -0.1) is 0 Å². The maximum atomic E-state index is 13.7. The molecule has 192 valence electrons. The number of phenolic OH excluding ortho intramolecular Hbond substituents is 1. The molecule has 37 heavy (non-hydrogen) atoms. The van der Waals surface area contributed by atoms with Gasteiger partial charge in [-0.2, -0.15) is 0 Å². The standard InChI is InChI=1S/C34H38O3/c35-31-11-5-4-10-29(31)32(36)20-25-14-12-24-13-15-26(19-30(24)25)33(37)28-16-18-34(22-28)17-6-9-27(21-34)23-7-2-1-3-8-23/h1-2,4-5,7,10-11,13,15,19,25,27-28,35H,3,6,8-9,12,14,16-18,20-22H2. The highest BCUT2D eigenvalue weighted by molar-refractivity contribution is 6.00. The third-order valence-electron chi connectivity index (χ3n) is 9.85. The lowest BCUT2D eigenvalue weighted by Crippen LogP contribution is -2.28. The Bertz CT molecular complexity index is 1270. The average Bonchev–Trinajstić information content (AvgIpc) is 3.52. The van der Waals surface area contributed by atoms with Crippen LogP contribution in [0.3, 0.4) is 0 Å². The van der Waals surface area contributed by atoms with Gasteiger partial charge < -0.3 is 5.11 Å². The van der Waals surface area contributed by atoms with Crippen LogP contribution in [0.1, 0.15) is 108 Å². The van der Waals surface area contributed by atoms with E-state index in [1.165, 1.54) is 50.5 Å². The monoisotopic (exact) mass is 494 g/mol. The Morgan fingerprint density at radius 1 is 0.973 bits per heavy atom. The van der Waals surface area contributed by atoms with E-state index < -0.39 is 0 Å². The first-order valence-electron chi connectivity index (χ1n) is 14.4. The fourth-order valence-corrected chi connectivity index (χ4v) is 7.90. The summed E-state index contributed by atoms with van der Waals surface area (Å²) in [5.41, 5.74) is 5.63. The second-order valence-corrected chi connectivity index (χ2v) is 12.1. The van der Waals surface area contributed by atoms with E-state index in [0.29, 0.717) is 29.1 Å². The molecular formula is C34H38O3. The molecule has 0 bridgehead atoms. The van der Waals surface area contributed by atoms with Crippen LogP contribution in [0.4, 0.5) is 0 Å². The quantitative estimate of drug-likeness (QED) is 0.412. The van der Waals surface area contributed by atoms with E-state index in [1.54, 1.807) is 29.8 Å². The predicted molar refractivity (Wildman–Crippen MR) is 147 cm³/mol. The molecular weight excluding hydrogens is 456 g/mol. The average molecular weight is 495 g/mol. The Morgan fingerprint density at radius 3 is 2.70 bits per heavy atom. The van der Waals surface area contributed by atoms with Gasteiger partial charge in [-0.1, -0.05) is 54.5 Å². The van der Waals surface area contributed by atoms with Gasteiger partial charge in [0, 0.05) is 17.9 Å². The minimum Gasteiger partial charge on any atom is -0.507 e. The lowest BCUT2D eigenvalue weighted by atomic mass is 9.65. The lowest BCUT2D eigenvalue weighted by molar-refractivity contribution is 0.0893. The zero-order valence-corrected chi connectivity index (χ0v) is 21.8. The Labute approximate surface area is 220 Å². The Balaban J connectivity index is 1.15. The van der Waals surface area contributed by atoms with Crippen molar-refractivity contribution in [1.82, 2.24) is 0 Å². The van der Waals surface area contributed by atoms with Crippen molar-refractivity contribution in [1.29, 1.82) is 0 Å². The van der Waals surface area contributed by atoms with Crippen LogP contribution < -0.4 is 0 Å². The molecule has 3 nitrogen and oxygen atoms in total. The smallest absolute Gasteiger partial charge is 0.167 e. The third kappa shape index (κ3) is 4.85. The zero-order valence-electron chi connectivity index (χ0n) is 21.8. The molecule has 2 fully saturated rings. The van der Waals surface area contributed by atoms with Gasteiger partial charge in [-0.05, 0) is 111 Å². The second-order valence-electron chi connectivity index (χ2n) is 12.1. The molecule has 4 aliphatic rings. The van der Waals surface area contributed by atoms with Gasteiger partial charge in [-0.3, -0.25) is 9.59 Å². The molecule has 4 atom stereocenters. The first kappa shape index (κ1) is 24.4. The summed E-state index contributed by atoms with van der Waals surface area (Å²) >= 11 is 0. The van der Waals surface area contributed by atoms with Crippen molar-refractivity contribution in [2.45, 2.75) is 83.0 Å². The van der Waals surface area contributed by atoms with Gasteiger partial charge >= 0.3 is 0 Å². The number of hydrogen-bond donors (Lipinski definition) is 1. The number of para-hydroxylation sites is 1. The first-order valence-corrected chi connectivity index (χ1v) is 14.4. The van der Waals surface area contributed by atoms with E-state index >= 15 is 0 Å². The largest absolute Gasteiger partial charge is 0.507 e. The van der Waals surface area contributed by atoms with Gasteiger partial charge in [0.25, 0.3) is 0 Å². The molecule has 0 aliphatic heterocycles. The Morgan fingerprint density at radius 2 is 1.86 bits per heavy atom. The van der Waals surface area contributed by atoms with Gasteiger partial charge in [0.15, 0.2) is 11.6 Å². The van der Waals surface area contributed by atoms with Crippen LogP contribution in [0, 0.1) is 17.3 Å². The van der Waals surface area contributed by atoms with E-state index in [1.807, 2.05) is 6.07 Å². The van der Waals surface area contributed by atoms with Crippen molar-refractivity contribution >= 4 is 11.6 Å². The molecule has 0 aromatic heterocycles. The number of allylic oxidation sites excluding steroid dienone is 4. The minimum absolute atomic E-state index is 0.0270. The van der Waals surface area contributed by atoms with Gasteiger partial charge in [0.2, 0.25) is 0 Å². The predicted octanol–water partition coefficient (Wildman–Crippen LogP) is 8.13. The highest BCUT2D eigenvalue weighted by Crippen LogP contribution is 2.55. The number of fused-ring (bicyclic) bond motifs is 1. The first-order chi connectivity index (χ1) is 18.0. The van der Waals surface area contributed by atoms with Gasteiger partial charge in [0.1, 0.15) is 5.75 Å². The van der Waals surface area contributed by atoms with Crippen molar-refractivity contribution in [3.8, 4) is 5.75 Å². The van der Waals surface area contributed by atoms with Gasteiger partial charge in [0.05, 0.1) is 5.56 Å². The molecule has 0 saturated heterocycles. The van der Waals surface area contributed by atoms with Crippen molar-refractivity contribution in [2.75, 3.05) is 0 Å². The number of Topliss-reactive ketones (excluding diaryl/α,β-unsaturated/α-hetero) is 2. The number of carbonyl (C=O) groups is 2. The molecule has 4 aliphatic carbocycles. The minimum atomic E-state index is -0.0270. The summed E-state index contributed by atoms with van der Waals surface area (Å²) in [4.78, 5) is 26.7. The molecule has 3 heteroatoms. The number of ketones is 2. The number of phenols is 1. The Kier molecular flexibility index (Phi) is 6.65. The van der Waals surface area contributed by atoms with Crippen LogP contribution in [-0.2, 0) is 6.42 Å². The second kappa shape index (κ2) is 10.1. The van der Waals surface area contributed by atoms with Crippen LogP contribution in [0.5, 0.6) is 5.75 Å². The van der Waals surface area contributed by atoms with E-state index in [-0.39, 0.29) is 23.4 Å². The molecule has 0 radical (unpaired) electrons. The number of hydrogen-bond acceptors (Lipinski definition) is 3. The van der Waals surface area contributed by atoms with E-state index in [9.17, 15) is 14.7 Å². The van der Waals surface area contributed by atoms with Crippen LogP contribution in [0.25, 0.3) is 0 Å². The van der Waals surface area contributed by atoms with Crippen LogP contribution in [-0.4, -0.2) is 16.7 Å². The lowest BCUT2D eigenvalue weighted by Gasteiger charge is -2.40. The summed E-state index contributed by atoms with van der Waals surface area (Å²) in [6.45, 7) is 0.